The summed E-state index contributed by atoms with van der Waals surface area (Å²) < 4.78 is 30.1. The molecule has 208 valence electrons. The van der Waals surface area contributed by atoms with Crippen molar-refractivity contribution in [1.82, 2.24) is 24.5 Å². The van der Waals surface area contributed by atoms with Crippen LogP contribution in [0.5, 0.6) is 5.75 Å². The van der Waals surface area contributed by atoms with Crippen LogP contribution in [0.4, 0.5) is 10.2 Å². The monoisotopic (exact) mass is 561 g/mol. The third-order valence-corrected chi connectivity index (χ3v) is 8.36. The number of carbonyl (C=O) groups is 1. The third kappa shape index (κ3) is 5.68. The molecular formula is C28H32FN7O3Si. The Morgan fingerprint density at radius 1 is 1.12 bits per heavy atom. The lowest BCUT2D eigenvalue weighted by Gasteiger charge is -2.20. The Morgan fingerprint density at radius 3 is 2.62 bits per heavy atom. The molecule has 3 aromatic heterocycles. The van der Waals surface area contributed by atoms with Crippen molar-refractivity contribution in [2.45, 2.75) is 45.4 Å². The quantitative estimate of drug-likeness (QED) is 0.180. The van der Waals surface area contributed by atoms with Crippen LogP contribution in [0.2, 0.25) is 25.7 Å². The lowest BCUT2D eigenvalue weighted by molar-refractivity contribution is 0.0816. The number of fused-ring (bicyclic) bond motifs is 2. The summed E-state index contributed by atoms with van der Waals surface area (Å²) in [5.41, 5.74) is 14.1. The van der Waals surface area contributed by atoms with E-state index in [1.54, 1.807) is 23.1 Å². The number of ether oxygens (including phenoxy) is 2. The van der Waals surface area contributed by atoms with Crippen molar-refractivity contribution in [2.75, 3.05) is 12.3 Å². The lowest BCUT2D eigenvalue weighted by Crippen LogP contribution is -2.22. The summed E-state index contributed by atoms with van der Waals surface area (Å²) in [4.78, 5) is 15.9. The van der Waals surface area contributed by atoms with Gasteiger partial charge in [-0.15, -0.1) is 0 Å². The molecule has 0 radical (unpaired) electrons. The van der Waals surface area contributed by atoms with Gasteiger partial charge in [-0.2, -0.15) is 10.2 Å². The molecule has 40 heavy (non-hydrogen) atoms. The minimum Gasteiger partial charge on any atom is -0.482 e. The van der Waals surface area contributed by atoms with Crippen LogP contribution in [0.15, 0.2) is 55.0 Å². The summed E-state index contributed by atoms with van der Waals surface area (Å²) >= 11 is 0. The molecule has 3 heterocycles. The Hall–Kier alpha value is -4.29. The van der Waals surface area contributed by atoms with Crippen LogP contribution in [0.3, 0.4) is 0 Å². The number of primary amides is 1. The van der Waals surface area contributed by atoms with Crippen LogP contribution >= 0.6 is 0 Å². The average molecular weight is 562 g/mol. The number of hydrogen-bond donors (Lipinski definition) is 2. The molecule has 4 N–H and O–H groups in total. The maximum atomic E-state index is 14.3. The van der Waals surface area contributed by atoms with E-state index >= 15 is 0 Å². The van der Waals surface area contributed by atoms with Gasteiger partial charge in [0.05, 0.1) is 28.5 Å². The van der Waals surface area contributed by atoms with Crippen LogP contribution in [-0.4, -0.2) is 45.1 Å². The van der Waals surface area contributed by atoms with Crippen molar-refractivity contribution in [3.05, 3.63) is 71.9 Å². The van der Waals surface area contributed by atoms with Gasteiger partial charge in [0.2, 0.25) is 0 Å². The second-order valence-corrected chi connectivity index (χ2v) is 16.6. The zero-order valence-electron chi connectivity index (χ0n) is 22.9. The van der Waals surface area contributed by atoms with Crippen molar-refractivity contribution in [3.63, 3.8) is 0 Å². The van der Waals surface area contributed by atoms with Gasteiger partial charge in [0.15, 0.2) is 11.6 Å². The molecule has 0 bridgehead atoms. The highest BCUT2D eigenvalue weighted by atomic mass is 28.3. The van der Waals surface area contributed by atoms with E-state index in [0.29, 0.717) is 18.7 Å². The minimum atomic E-state index is -1.20. The number of pyridine rings is 1. The van der Waals surface area contributed by atoms with Gasteiger partial charge in [-0.25, -0.2) is 18.7 Å². The zero-order chi connectivity index (χ0) is 28.6. The fourth-order valence-corrected chi connectivity index (χ4v) is 5.18. The van der Waals surface area contributed by atoms with Gasteiger partial charge in [0.25, 0.3) is 5.91 Å². The first kappa shape index (κ1) is 27.3. The van der Waals surface area contributed by atoms with Crippen LogP contribution in [0.25, 0.3) is 27.5 Å². The van der Waals surface area contributed by atoms with Crippen LogP contribution < -0.4 is 16.2 Å². The number of anilines is 1. The van der Waals surface area contributed by atoms with Gasteiger partial charge in [-0.05, 0) is 43.3 Å². The first-order valence-electron chi connectivity index (χ1n) is 12.9. The lowest BCUT2D eigenvalue weighted by atomic mass is 10.1. The Morgan fingerprint density at radius 2 is 1.93 bits per heavy atom. The number of nitrogens with zero attached hydrogens (tertiary/aromatic N) is 5. The van der Waals surface area contributed by atoms with E-state index in [1.807, 2.05) is 36.0 Å². The van der Waals surface area contributed by atoms with Gasteiger partial charge in [-0.3, -0.25) is 4.79 Å². The minimum absolute atomic E-state index is 0.0909. The molecule has 0 saturated carbocycles. The van der Waals surface area contributed by atoms with Crippen molar-refractivity contribution in [3.8, 4) is 11.4 Å². The number of benzene rings is 2. The van der Waals surface area contributed by atoms with Gasteiger partial charge < -0.3 is 20.9 Å². The van der Waals surface area contributed by atoms with Crippen molar-refractivity contribution in [1.29, 1.82) is 0 Å². The number of carbonyl (C=O) groups excluding carboxylic acids is 1. The smallest absolute Gasteiger partial charge is 0.251 e. The van der Waals surface area contributed by atoms with Crippen LogP contribution in [0, 0.1) is 5.82 Å². The van der Waals surface area contributed by atoms with E-state index in [1.165, 1.54) is 6.07 Å². The van der Waals surface area contributed by atoms with Gasteiger partial charge in [0, 0.05) is 49.5 Å². The van der Waals surface area contributed by atoms with Crippen LogP contribution in [0.1, 0.15) is 28.9 Å². The maximum Gasteiger partial charge on any atom is 0.251 e. The normalized spacial score (nSPS) is 12.7. The van der Waals surface area contributed by atoms with Crippen molar-refractivity contribution < 1.29 is 18.7 Å². The first-order chi connectivity index (χ1) is 19.0. The number of aromatic nitrogens is 5. The number of nitrogens with two attached hydrogens (primary N) is 2. The van der Waals surface area contributed by atoms with E-state index in [9.17, 15) is 9.18 Å². The largest absolute Gasteiger partial charge is 0.482 e. The molecule has 1 atom stereocenters. The molecular weight excluding hydrogens is 529 g/mol. The molecule has 0 aliphatic rings. The summed E-state index contributed by atoms with van der Waals surface area (Å²) in [7, 11) is -1.20. The highest BCUT2D eigenvalue weighted by Gasteiger charge is 2.20. The topological polar surface area (TPSA) is 136 Å². The number of halogens is 1. The van der Waals surface area contributed by atoms with E-state index in [-0.39, 0.29) is 22.6 Å². The number of rotatable bonds is 10. The fourth-order valence-electron chi connectivity index (χ4n) is 4.43. The molecule has 0 aliphatic carbocycles. The Labute approximate surface area is 231 Å². The molecule has 2 aromatic carbocycles. The first-order valence-corrected chi connectivity index (χ1v) is 16.6. The molecule has 0 aliphatic heterocycles. The second kappa shape index (κ2) is 10.7. The third-order valence-electron chi connectivity index (χ3n) is 6.65. The fraction of sp³-hybridized carbons (Fsp3) is 0.286. The van der Waals surface area contributed by atoms with Gasteiger partial charge in [-0.1, -0.05) is 19.6 Å². The summed E-state index contributed by atoms with van der Waals surface area (Å²) in [5.74, 6) is -1.25. The van der Waals surface area contributed by atoms with Crippen molar-refractivity contribution >= 4 is 41.6 Å². The predicted molar refractivity (Wildman–Crippen MR) is 155 cm³/mol. The molecule has 5 aromatic rings. The van der Waals surface area contributed by atoms with Crippen LogP contribution in [-0.2, 0) is 11.5 Å². The number of hydrogen-bond acceptors (Lipinski definition) is 7. The predicted octanol–water partition coefficient (Wildman–Crippen LogP) is 5.04. The van der Waals surface area contributed by atoms with E-state index in [2.05, 4.69) is 34.8 Å². The Balaban J connectivity index is 1.50. The number of nitrogen functional groups attached to an aromatic ring is 1. The van der Waals surface area contributed by atoms with E-state index in [4.69, 9.17) is 20.9 Å². The maximum absolute atomic E-state index is 14.3. The molecule has 0 fully saturated rings. The van der Waals surface area contributed by atoms with Crippen molar-refractivity contribution in [2.24, 2.45) is 5.73 Å². The van der Waals surface area contributed by atoms with Gasteiger partial charge >= 0.3 is 0 Å². The highest BCUT2D eigenvalue weighted by molar-refractivity contribution is 6.76. The standard InChI is InChI=1S/C28H32FN7O3Si/c1-17(39-26-12-18-10-21(28(31)37)22(29)14-23(18)34-27(26)30)20-13-24-19(11-25(20)35-7-5-6-32-35)15-33-36(24)16-38-8-9-40(2,3)4/h5-7,10-15,17H,8-9,16H2,1-4H3,(H2,30,34)(H2,31,37). The molecule has 1 unspecified atom stereocenters. The Kier molecular flexibility index (Phi) is 7.30. The highest BCUT2D eigenvalue weighted by Crippen LogP contribution is 2.34. The Bertz CT molecular complexity index is 1700. The molecule has 10 nitrogen and oxygen atoms in total. The van der Waals surface area contributed by atoms with E-state index in [0.717, 1.165) is 34.3 Å². The SMILES string of the molecule is CC(Oc1cc2cc(C(N)=O)c(F)cc2nc1N)c1cc2c(cnn2COCC[Si](C)(C)C)cc1-n1cccn1. The van der Waals surface area contributed by atoms with Gasteiger partial charge in [0.1, 0.15) is 18.7 Å². The molecule has 12 heteroatoms. The summed E-state index contributed by atoms with van der Waals surface area (Å²) in [6, 6.07) is 11.0. The average Bonchev–Trinajstić information content (AvgIpc) is 3.55. The second-order valence-electron chi connectivity index (χ2n) is 10.9. The molecule has 0 saturated heterocycles. The summed E-state index contributed by atoms with van der Waals surface area (Å²) in [6.45, 7) is 9.86. The summed E-state index contributed by atoms with van der Waals surface area (Å²) in [5, 5.41) is 10.4. The zero-order valence-corrected chi connectivity index (χ0v) is 23.9. The molecule has 0 spiro atoms. The summed E-state index contributed by atoms with van der Waals surface area (Å²) in [6.07, 6.45) is 4.86. The number of amides is 1. The molecule has 5 rings (SSSR count). The molecule has 1 amide bonds. The van der Waals surface area contributed by atoms with E-state index < -0.39 is 25.9 Å².